The average Bonchev–Trinajstić information content (AvgIpc) is 2.89. The van der Waals surface area contributed by atoms with Crippen LogP contribution in [0.5, 0.6) is 5.75 Å². The zero-order valence-electron chi connectivity index (χ0n) is 21.0. The van der Waals surface area contributed by atoms with E-state index in [-0.39, 0.29) is 18.0 Å². The number of aryl methyl sites for hydroxylation is 1. The average molecular weight is 483 g/mol. The van der Waals surface area contributed by atoms with Crippen molar-refractivity contribution in [3.05, 3.63) is 64.5 Å². The molecule has 1 saturated carbocycles. The predicted molar refractivity (Wildman–Crippen MR) is 134 cm³/mol. The van der Waals surface area contributed by atoms with Crippen molar-refractivity contribution in [1.82, 2.24) is 0 Å². The van der Waals surface area contributed by atoms with Gasteiger partial charge in [0.15, 0.2) is 6.29 Å². The fourth-order valence-electron chi connectivity index (χ4n) is 7.14. The SMILES string of the molecule is COC(OC)C1CCC(c2ccc(C3c4ccc(O)cc4CC[C@@H]3C3CCOCC3)c(F)c2)CC1. The van der Waals surface area contributed by atoms with E-state index in [1.807, 2.05) is 12.1 Å². The Balaban J connectivity index is 1.40. The molecule has 0 amide bonds. The van der Waals surface area contributed by atoms with E-state index in [0.29, 0.717) is 29.4 Å². The number of phenolic OH excluding ortho intramolecular Hbond substituents is 1. The van der Waals surface area contributed by atoms with Crippen LogP contribution in [0, 0.1) is 23.6 Å². The van der Waals surface area contributed by atoms with Crippen molar-refractivity contribution in [3.63, 3.8) is 0 Å². The largest absolute Gasteiger partial charge is 0.508 e. The fraction of sp³-hybridized carbons (Fsp3) is 0.600. The maximum Gasteiger partial charge on any atom is 0.159 e. The number of ether oxygens (including phenoxy) is 3. The number of aromatic hydroxyl groups is 1. The number of hydrogen-bond acceptors (Lipinski definition) is 4. The second-order valence-corrected chi connectivity index (χ2v) is 10.7. The number of hydrogen-bond donors (Lipinski definition) is 1. The number of halogens is 1. The van der Waals surface area contributed by atoms with Gasteiger partial charge in [-0.1, -0.05) is 18.2 Å². The Kier molecular flexibility index (Phi) is 7.76. The lowest BCUT2D eigenvalue weighted by atomic mass is 9.65. The van der Waals surface area contributed by atoms with E-state index in [9.17, 15) is 5.11 Å². The fourth-order valence-corrected chi connectivity index (χ4v) is 7.14. The van der Waals surface area contributed by atoms with E-state index in [0.717, 1.165) is 81.3 Å². The van der Waals surface area contributed by atoms with E-state index in [1.165, 1.54) is 5.56 Å². The van der Waals surface area contributed by atoms with Crippen LogP contribution >= 0.6 is 0 Å². The molecular formula is C30H39FO4. The molecule has 0 radical (unpaired) electrons. The summed E-state index contributed by atoms with van der Waals surface area (Å²) in [6, 6.07) is 11.7. The molecule has 1 unspecified atom stereocenters. The van der Waals surface area contributed by atoms with Gasteiger partial charge in [0.25, 0.3) is 0 Å². The van der Waals surface area contributed by atoms with Gasteiger partial charge in [-0.3, -0.25) is 0 Å². The van der Waals surface area contributed by atoms with Gasteiger partial charge in [0.1, 0.15) is 11.6 Å². The number of phenols is 1. The Labute approximate surface area is 208 Å². The third kappa shape index (κ3) is 5.14. The Hall–Kier alpha value is -1.95. The van der Waals surface area contributed by atoms with Gasteiger partial charge in [0.05, 0.1) is 0 Å². The number of benzene rings is 2. The highest BCUT2D eigenvalue weighted by molar-refractivity contribution is 5.45. The minimum atomic E-state index is -0.150. The first kappa shape index (κ1) is 24.7. The standard InChI is InChI=1S/C30H39FO4/c1-33-30(34-2)21-5-3-19(4-6-21)22-7-11-27(28(31)18-22)29-25(20-13-15-35-16-14-20)10-8-23-17-24(32)9-12-26(23)29/h7,9,11-12,17-21,25,29-30,32H,3-6,8,10,13-16H2,1-2H3/t19?,21?,25-,29?/m1/s1. The quantitative estimate of drug-likeness (QED) is 0.475. The van der Waals surface area contributed by atoms with Crippen molar-refractivity contribution in [1.29, 1.82) is 0 Å². The van der Waals surface area contributed by atoms with Crippen LogP contribution in [0.2, 0.25) is 0 Å². The summed E-state index contributed by atoms with van der Waals surface area (Å²) in [5, 5.41) is 10.1. The molecule has 2 aliphatic carbocycles. The smallest absolute Gasteiger partial charge is 0.159 e. The summed E-state index contributed by atoms with van der Waals surface area (Å²) < 4.78 is 32.5. The number of fused-ring (bicyclic) bond motifs is 1. The van der Waals surface area contributed by atoms with Gasteiger partial charge in [-0.15, -0.1) is 0 Å². The van der Waals surface area contributed by atoms with Crippen LogP contribution < -0.4 is 0 Å². The molecule has 1 saturated heterocycles. The predicted octanol–water partition coefficient (Wildman–Crippen LogP) is 6.54. The van der Waals surface area contributed by atoms with Crippen molar-refractivity contribution in [2.45, 2.75) is 69.5 Å². The molecule has 2 fully saturated rings. The first-order valence-electron chi connectivity index (χ1n) is 13.3. The summed E-state index contributed by atoms with van der Waals surface area (Å²) >= 11 is 0. The molecule has 1 N–H and O–H groups in total. The van der Waals surface area contributed by atoms with Gasteiger partial charge in [-0.05, 0) is 110 Å². The highest BCUT2D eigenvalue weighted by Crippen LogP contribution is 2.48. The van der Waals surface area contributed by atoms with Gasteiger partial charge >= 0.3 is 0 Å². The molecule has 1 aliphatic heterocycles. The summed E-state index contributed by atoms with van der Waals surface area (Å²) in [5.41, 5.74) is 4.26. The van der Waals surface area contributed by atoms with Crippen molar-refractivity contribution in [3.8, 4) is 5.75 Å². The zero-order valence-corrected chi connectivity index (χ0v) is 21.0. The Morgan fingerprint density at radius 2 is 1.60 bits per heavy atom. The molecule has 0 bridgehead atoms. The molecule has 5 heteroatoms. The van der Waals surface area contributed by atoms with E-state index in [2.05, 4.69) is 12.1 Å². The third-order valence-electron chi connectivity index (χ3n) is 8.96. The summed E-state index contributed by atoms with van der Waals surface area (Å²) in [5.74, 6) is 1.96. The summed E-state index contributed by atoms with van der Waals surface area (Å²) in [6.07, 6.45) is 8.03. The lowest BCUT2D eigenvalue weighted by molar-refractivity contribution is -0.144. The molecule has 2 atom stereocenters. The van der Waals surface area contributed by atoms with E-state index in [4.69, 9.17) is 14.2 Å². The molecule has 2 aromatic carbocycles. The van der Waals surface area contributed by atoms with Gasteiger partial charge < -0.3 is 19.3 Å². The van der Waals surface area contributed by atoms with Crippen LogP contribution in [-0.2, 0) is 20.6 Å². The molecule has 2 aromatic rings. The van der Waals surface area contributed by atoms with Crippen molar-refractivity contribution >= 4 is 0 Å². The summed E-state index contributed by atoms with van der Waals surface area (Å²) in [4.78, 5) is 0. The van der Waals surface area contributed by atoms with Crippen LogP contribution in [0.3, 0.4) is 0 Å². The lowest BCUT2D eigenvalue weighted by Gasteiger charge is -2.40. The van der Waals surface area contributed by atoms with E-state index < -0.39 is 0 Å². The third-order valence-corrected chi connectivity index (χ3v) is 8.96. The second kappa shape index (κ2) is 11.0. The molecule has 0 aromatic heterocycles. The normalized spacial score (nSPS) is 27.7. The van der Waals surface area contributed by atoms with Gasteiger partial charge in [-0.25, -0.2) is 4.39 Å². The van der Waals surface area contributed by atoms with E-state index in [1.54, 1.807) is 26.4 Å². The summed E-state index contributed by atoms with van der Waals surface area (Å²) in [6.45, 7) is 1.60. The second-order valence-electron chi connectivity index (χ2n) is 10.7. The van der Waals surface area contributed by atoms with Crippen LogP contribution in [-0.4, -0.2) is 38.8 Å². The molecular weight excluding hydrogens is 443 g/mol. The first-order valence-corrected chi connectivity index (χ1v) is 13.3. The van der Waals surface area contributed by atoms with Gasteiger partial charge in [0.2, 0.25) is 0 Å². The Morgan fingerprint density at radius 1 is 0.886 bits per heavy atom. The highest BCUT2D eigenvalue weighted by atomic mass is 19.1. The van der Waals surface area contributed by atoms with Crippen molar-refractivity contribution in [2.75, 3.05) is 27.4 Å². The van der Waals surface area contributed by atoms with Crippen molar-refractivity contribution in [2.24, 2.45) is 17.8 Å². The van der Waals surface area contributed by atoms with E-state index >= 15 is 4.39 Å². The minimum Gasteiger partial charge on any atom is -0.508 e. The zero-order chi connectivity index (χ0) is 24.4. The highest BCUT2D eigenvalue weighted by Gasteiger charge is 2.38. The lowest BCUT2D eigenvalue weighted by Crippen LogP contribution is -2.32. The van der Waals surface area contributed by atoms with Crippen molar-refractivity contribution < 1.29 is 23.7 Å². The molecule has 4 nitrogen and oxygen atoms in total. The Bertz CT molecular complexity index is 990. The van der Waals surface area contributed by atoms with Crippen LogP contribution in [0.1, 0.15) is 79.0 Å². The molecule has 190 valence electrons. The number of methoxy groups -OCH3 is 2. The first-order chi connectivity index (χ1) is 17.1. The molecule has 0 spiro atoms. The van der Waals surface area contributed by atoms with Crippen LogP contribution in [0.15, 0.2) is 36.4 Å². The maximum atomic E-state index is 15.9. The van der Waals surface area contributed by atoms with Gasteiger partial charge in [-0.2, -0.15) is 0 Å². The van der Waals surface area contributed by atoms with Crippen LogP contribution in [0.25, 0.3) is 0 Å². The maximum absolute atomic E-state index is 15.9. The molecule has 3 aliphatic rings. The topological polar surface area (TPSA) is 47.9 Å². The number of rotatable bonds is 6. The Morgan fingerprint density at radius 3 is 2.29 bits per heavy atom. The van der Waals surface area contributed by atoms with Crippen LogP contribution in [0.4, 0.5) is 4.39 Å². The summed E-state index contributed by atoms with van der Waals surface area (Å²) in [7, 11) is 3.40. The van der Waals surface area contributed by atoms with Gasteiger partial charge in [0, 0.05) is 39.3 Å². The molecule has 35 heavy (non-hydrogen) atoms. The molecule has 5 rings (SSSR count). The molecule has 1 heterocycles. The monoisotopic (exact) mass is 482 g/mol. The minimum absolute atomic E-state index is 0.0244.